The predicted octanol–water partition coefficient (Wildman–Crippen LogP) is 2.15. The molecule has 0 unspecified atom stereocenters. The van der Waals surface area contributed by atoms with Gasteiger partial charge in [0.1, 0.15) is 0 Å². The maximum absolute atomic E-state index is 12.0. The van der Waals surface area contributed by atoms with Crippen LogP contribution in [0.5, 0.6) is 0 Å². The number of pyridine rings is 1. The normalized spacial score (nSPS) is 11.1. The fourth-order valence-electron chi connectivity index (χ4n) is 1.77. The number of rotatable bonds is 4. The minimum Gasteiger partial charge on any atom is -0.478 e. The first-order valence-electron chi connectivity index (χ1n) is 5.98. The van der Waals surface area contributed by atoms with E-state index >= 15 is 0 Å². The van der Waals surface area contributed by atoms with Crippen LogP contribution in [0.15, 0.2) is 29.1 Å². The number of carbonyl (C=O) groups is 1. The van der Waals surface area contributed by atoms with Crippen molar-refractivity contribution in [2.75, 3.05) is 0 Å². The van der Waals surface area contributed by atoms with Crippen molar-refractivity contribution in [1.82, 2.24) is 4.98 Å². The molecule has 5 nitrogen and oxygen atoms in total. The number of carboxylic acid groups (broad SMARTS) is 1. The van der Waals surface area contributed by atoms with E-state index in [1.807, 2.05) is 13.8 Å². The predicted molar refractivity (Wildman–Crippen MR) is 71.5 cm³/mol. The topological polar surface area (TPSA) is 79.4 Å². The van der Waals surface area contributed by atoms with E-state index in [0.717, 1.165) is 0 Å². The number of H-pyrrole nitrogens is 1. The van der Waals surface area contributed by atoms with Crippen LogP contribution >= 0.6 is 0 Å². The summed E-state index contributed by atoms with van der Waals surface area (Å²) in [5.74, 6) is -1.05. The third-order valence-corrected chi connectivity index (χ3v) is 2.70. The lowest BCUT2D eigenvalue weighted by atomic mass is 10.1. The average molecular weight is 261 g/mol. The third-order valence-electron chi connectivity index (χ3n) is 2.70. The van der Waals surface area contributed by atoms with Crippen LogP contribution in [-0.2, 0) is 11.3 Å². The van der Waals surface area contributed by atoms with Gasteiger partial charge in [-0.25, -0.2) is 4.79 Å². The van der Waals surface area contributed by atoms with Gasteiger partial charge >= 0.3 is 5.97 Å². The van der Waals surface area contributed by atoms with E-state index in [1.54, 1.807) is 6.07 Å². The lowest BCUT2D eigenvalue weighted by molar-refractivity contribution is 0.0637. The van der Waals surface area contributed by atoms with Gasteiger partial charge in [-0.05, 0) is 32.0 Å². The summed E-state index contributed by atoms with van der Waals surface area (Å²) in [4.78, 5) is 25.9. The molecule has 5 heteroatoms. The van der Waals surface area contributed by atoms with E-state index in [9.17, 15) is 9.59 Å². The van der Waals surface area contributed by atoms with Gasteiger partial charge < -0.3 is 14.8 Å². The number of aromatic nitrogens is 1. The highest BCUT2D eigenvalue weighted by molar-refractivity contribution is 5.93. The lowest BCUT2D eigenvalue weighted by Gasteiger charge is -2.08. The standard InChI is InChI=1S/C14H15NO4/c1-8(2)19-7-10-6-13(16)11-5-9(14(17)18)3-4-12(11)15-10/h3-6,8H,7H2,1-2H3,(H,15,16)(H,17,18). The van der Waals surface area contributed by atoms with Crippen LogP contribution in [0.25, 0.3) is 10.9 Å². The quantitative estimate of drug-likeness (QED) is 0.883. The maximum Gasteiger partial charge on any atom is 0.335 e. The molecular formula is C14H15NO4. The first kappa shape index (κ1) is 13.3. The minimum absolute atomic E-state index is 0.0774. The molecule has 0 aliphatic rings. The molecule has 19 heavy (non-hydrogen) atoms. The molecular weight excluding hydrogens is 246 g/mol. The molecule has 0 saturated carbocycles. The molecule has 0 saturated heterocycles. The Hall–Kier alpha value is -2.14. The van der Waals surface area contributed by atoms with Crippen LogP contribution in [0, 0.1) is 0 Å². The van der Waals surface area contributed by atoms with Crippen molar-refractivity contribution in [3.63, 3.8) is 0 Å². The van der Waals surface area contributed by atoms with Gasteiger partial charge in [-0.3, -0.25) is 4.79 Å². The fourth-order valence-corrected chi connectivity index (χ4v) is 1.77. The second-order valence-corrected chi connectivity index (χ2v) is 4.58. The number of ether oxygens (including phenoxy) is 1. The summed E-state index contributed by atoms with van der Waals surface area (Å²) in [6, 6.07) is 5.88. The Balaban J connectivity index is 2.44. The summed E-state index contributed by atoms with van der Waals surface area (Å²) in [5.41, 5.74) is 1.18. The second kappa shape index (κ2) is 5.24. The van der Waals surface area contributed by atoms with E-state index in [0.29, 0.717) is 23.2 Å². The molecule has 2 N–H and O–H groups in total. The number of aromatic amines is 1. The van der Waals surface area contributed by atoms with Gasteiger partial charge in [-0.1, -0.05) is 0 Å². The van der Waals surface area contributed by atoms with Gasteiger partial charge in [0.05, 0.1) is 18.3 Å². The third kappa shape index (κ3) is 3.00. The Morgan fingerprint density at radius 2 is 2.11 bits per heavy atom. The molecule has 1 aromatic heterocycles. The molecule has 0 bridgehead atoms. The van der Waals surface area contributed by atoms with Crippen LogP contribution in [0.1, 0.15) is 29.9 Å². The van der Waals surface area contributed by atoms with Crippen molar-refractivity contribution in [3.8, 4) is 0 Å². The van der Waals surface area contributed by atoms with E-state index in [2.05, 4.69) is 4.98 Å². The summed E-state index contributed by atoms with van der Waals surface area (Å²) in [6.07, 6.45) is 0.0774. The van der Waals surface area contributed by atoms with Crippen molar-refractivity contribution < 1.29 is 14.6 Å². The highest BCUT2D eigenvalue weighted by Crippen LogP contribution is 2.12. The van der Waals surface area contributed by atoms with Crippen molar-refractivity contribution in [2.24, 2.45) is 0 Å². The van der Waals surface area contributed by atoms with Gasteiger partial charge in [0.2, 0.25) is 0 Å². The summed E-state index contributed by atoms with van der Waals surface area (Å²) in [7, 11) is 0. The zero-order chi connectivity index (χ0) is 14.0. The molecule has 0 atom stereocenters. The Kier molecular flexibility index (Phi) is 3.66. The zero-order valence-corrected chi connectivity index (χ0v) is 10.8. The van der Waals surface area contributed by atoms with Crippen LogP contribution in [0.2, 0.25) is 0 Å². The van der Waals surface area contributed by atoms with Crippen LogP contribution in [-0.4, -0.2) is 22.2 Å². The molecule has 0 aliphatic heterocycles. The van der Waals surface area contributed by atoms with Gasteiger partial charge in [-0.2, -0.15) is 0 Å². The zero-order valence-electron chi connectivity index (χ0n) is 10.8. The van der Waals surface area contributed by atoms with Gasteiger partial charge in [0, 0.05) is 22.7 Å². The second-order valence-electron chi connectivity index (χ2n) is 4.58. The van der Waals surface area contributed by atoms with E-state index in [-0.39, 0.29) is 17.1 Å². The van der Waals surface area contributed by atoms with Crippen molar-refractivity contribution in [2.45, 2.75) is 26.6 Å². The molecule has 100 valence electrons. The van der Waals surface area contributed by atoms with Crippen LogP contribution in [0.3, 0.4) is 0 Å². The molecule has 0 radical (unpaired) electrons. The van der Waals surface area contributed by atoms with Crippen LogP contribution in [0.4, 0.5) is 0 Å². The molecule has 1 heterocycles. The molecule has 2 aromatic rings. The number of nitrogens with one attached hydrogen (secondary N) is 1. The van der Waals surface area contributed by atoms with Gasteiger partial charge in [0.15, 0.2) is 5.43 Å². The fraction of sp³-hybridized carbons (Fsp3) is 0.286. The summed E-state index contributed by atoms with van der Waals surface area (Å²) < 4.78 is 5.43. The minimum atomic E-state index is -1.05. The lowest BCUT2D eigenvalue weighted by Crippen LogP contribution is -2.10. The van der Waals surface area contributed by atoms with Crippen molar-refractivity contribution >= 4 is 16.9 Å². The van der Waals surface area contributed by atoms with Gasteiger partial charge in [0.25, 0.3) is 0 Å². The molecule has 0 aliphatic carbocycles. The maximum atomic E-state index is 12.0. The molecule has 2 rings (SSSR count). The van der Waals surface area contributed by atoms with E-state index in [4.69, 9.17) is 9.84 Å². The Morgan fingerprint density at radius 1 is 1.37 bits per heavy atom. The van der Waals surface area contributed by atoms with Crippen LogP contribution < -0.4 is 5.43 Å². The first-order chi connectivity index (χ1) is 8.97. The summed E-state index contributed by atoms with van der Waals surface area (Å²) >= 11 is 0. The number of hydrogen-bond donors (Lipinski definition) is 2. The largest absolute Gasteiger partial charge is 0.478 e. The Morgan fingerprint density at radius 3 is 2.74 bits per heavy atom. The highest BCUT2D eigenvalue weighted by atomic mass is 16.5. The van der Waals surface area contributed by atoms with E-state index in [1.165, 1.54) is 18.2 Å². The molecule has 0 spiro atoms. The number of carboxylic acids is 1. The summed E-state index contributed by atoms with van der Waals surface area (Å²) in [6.45, 7) is 4.15. The Labute approximate surface area is 109 Å². The Bertz CT molecular complexity index is 673. The number of fused-ring (bicyclic) bond motifs is 1. The van der Waals surface area contributed by atoms with Gasteiger partial charge in [-0.15, -0.1) is 0 Å². The molecule has 1 aromatic carbocycles. The molecule has 0 amide bonds. The monoisotopic (exact) mass is 261 g/mol. The number of aromatic carboxylic acids is 1. The number of hydrogen-bond acceptors (Lipinski definition) is 3. The average Bonchev–Trinajstić information content (AvgIpc) is 2.36. The van der Waals surface area contributed by atoms with E-state index < -0.39 is 5.97 Å². The van der Waals surface area contributed by atoms with Crippen molar-refractivity contribution in [3.05, 3.63) is 45.7 Å². The summed E-state index contributed by atoms with van der Waals surface area (Å²) in [5, 5.41) is 9.27. The molecule has 0 fully saturated rings. The SMILES string of the molecule is CC(C)OCc1cc(=O)c2cc(C(=O)O)ccc2[nH]1. The van der Waals surface area contributed by atoms with Crippen molar-refractivity contribution in [1.29, 1.82) is 0 Å². The smallest absolute Gasteiger partial charge is 0.335 e. The first-order valence-corrected chi connectivity index (χ1v) is 5.98. The number of benzene rings is 1. The highest BCUT2D eigenvalue weighted by Gasteiger charge is 2.07.